The molecule has 0 spiro atoms. The van der Waals surface area contributed by atoms with Gasteiger partial charge in [-0.05, 0) is 37.1 Å². The highest BCUT2D eigenvalue weighted by molar-refractivity contribution is 6.22. The molecule has 1 aromatic rings. The van der Waals surface area contributed by atoms with Gasteiger partial charge in [-0.15, -0.1) is 0 Å². The number of nitrogens with zero attached hydrogens (tertiary/aromatic N) is 1. The number of fused-ring (bicyclic) bond motifs is 1. The van der Waals surface area contributed by atoms with E-state index in [2.05, 4.69) is 0 Å². The molecule has 0 bridgehead atoms. The predicted molar refractivity (Wildman–Crippen MR) is 68.8 cm³/mol. The van der Waals surface area contributed by atoms with Crippen molar-refractivity contribution in [2.75, 3.05) is 10.6 Å². The molecule has 1 aliphatic carbocycles. The van der Waals surface area contributed by atoms with Crippen LogP contribution in [0.15, 0.2) is 24.3 Å². The van der Waals surface area contributed by atoms with Crippen molar-refractivity contribution in [3.05, 3.63) is 24.3 Å². The summed E-state index contributed by atoms with van der Waals surface area (Å²) in [7, 11) is 0. The molecule has 2 amide bonds. The van der Waals surface area contributed by atoms with E-state index in [1.54, 1.807) is 24.3 Å². The van der Waals surface area contributed by atoms with Gasteiger partial charge in [-0.1, -0.05) is 12.8 Å². The molecule has 1 saturated carbocycles. The van der Waals surface area contributed by atoms with Gasteiger partial charge in [0, 0.05) is 5.69 Å². The first kappa shape index (κ1) is 11.3. The standard InChI is InChI=1S/C14H16N2O2/c15-9-5-7-10(8-6-9)16-13(17)11-3-1-2-4-12(11)14(16)18/h5-8,11-12H,1-4,15H2/t11-,12+. The number of carbonyl (C=O) groups excluding carboxylic acids is 2. The van der Waals surface area contributed by atoms with Gasteiger partial charge in [0.05, 0.1) is 17.5 Å². The number of amides is 2. The smallest absolute Gasteiger partial charge is 0.237 e. The summed E-state index contributed by atoms with van der Waals surface area (Å²) in [5, 5.41) is 0. The number of nitrogens with two attached hydrogens (primary N) is 1. The third-order valence-corrected chi connectivity index (χ3v) is 3.99. The van der Waals surface area contributed by atoms with Crippen LogP contribution in [0.1, 0.15) is 25.7 Å². The van der Waals surface area contributed by atoms with E-state index in [1.807, 2.05) is 0 Å². The topological polar surface area (TPSA) is 63.4 Å². The average molecular weight is 244 g/mol. The summed E-state index contributed by atoms with van der Waals surface area (Å²) in [6.07, 6.45) is 3.80. The van der Waals surface area contributed by atoms with Gasteiger partial charge in [0.2, 0.25) is 11.8 Å². The molecule has 1 heterocycles. The second-order valence-electron chi connectivity index (χ2n) is 5.10. The van der Waals surface area contributed by atoms with Crippen LogP contribution >= 0.6 is 0 Å². The molecule has 1 saturated heterocycles. The van der Waals surface area contributed by atoms with Gasteiger partial charge in [-0.25, -0.2) is 0 Å². The number of hydrogen-bond donors (Lipinski definition) is 1. The Morgan fingerprint density at radius 1 is 0.944 bits per heavy atom. The minimum absolute atomic E-state index is 0.0329. The van der Waals surface area contributed by atoms with Crippen LogP contribution in [0.2, 0.25) is 0 Å². The maximum absolute atomic E-state index is 12.3. The summed E-state index contributed by atoms with van der Waals surface area (Å²) in [5.41, 5.74) is 6.90. The molecule has 4 nitrogen and oxygen atoms in total. The van der Waals surface area contributed by atoms with E-state index in [9.17, 15) is 9.59 Å². The lowest BCUT2D eigenvalue weighted by molar-refractivity contribution is -0.122. The monoisotopic (exact) mass is 244 g/mol. The Labute approximate surface area is 106 Å². The second-order valence-corrected chi connectivity index (χ2v) is 5.10. The van der Waals surface area contributed by atoms with Crippen LogP contribution in [0.25, 0.3) is 0 Å². The summed E-state index contributed by atoms with van der Waals surface area (Å²) in [6.45, 7) is 0. The third kappa shape index (κ3) is 1.60. The fourth-order valence-corrected chi connectivity index (χ4v) is 3.04. The summed E-state index contributed by atoms with van der Waals surface area (Å²) in [6, 6.07) is 6.92. The van der Waals surface area contributed by atoms with Gasteiger partial charge < -0.3 is 5.73 Å². The van der Waals surface area contributed by atoms with Crippen molar-refractivity contribution < 1.29 is 9.59 Å². The Kier molecular flexibility index (Phi) is 2.58. The normalized spacial score (nSPS) is 27.4. The molecule has 0 unspecified atom stereocenters. The van der Waals surface area contributed by atoms with E-state index in [-0.39, 0.29) is 23.7 Å². The van der Waals surface area contributed by atoms with E-state index in [0.717, 1.165) is 25.7 Å². The molecule has 4 heteroatoms. The van der Waals surface area contributed by atoms with Crippen molar-refractivity contribution in [3.63, 3.8) is 0 Å². The minimum atomic E-state index is -0.0937. The molecule has 0 aromatic heterocycles. The lowest BCUT2D eigenvalue weighted by Gasteiger charge is -2.19. The average Bonchev–Trinajstić information content (AvgIpc) is 2.64. The van der Waals surface area contributed by atoms with Crippen LogP contribution in [0.4, 0.5) is 11.4 Å². The Morgan fingerprint density at radius 3 is 1.94 bits per heavy atom. The Balaban J connectivity index is 1.95. The zero-order valence-electron chi connectivity index (χ0n) is 10.1. The number of carbonyl (C=O) groups is 2. The van der Waals surface area contributed by atoms with E-state index in [0.29, 0.717) is 11.4 Å². The Bertz CT molecular complexity index is 471. The maximum atomic E-state index is 12.3. The van der Waals surface area contributed by atoms with Crippen molar-refractivity contribution in [1.29, 1.82) is 0 Å². The first-order valence-corrected chi connectivity index (χ1v) is 6.42. The number of anilines is 2. The zero-order valence-corrected chi connectivity index (χ0v) is 10.1. The van der Waals surface area contributed by atoms with Crippen LogP contribution in [0.5, 0.6) is 0 Å². The lowest BCUT2D eigenvalue weighted by Crippen LogP contribution is -2.30. The molecule has 0 radical (unpaired) electrons. The zero-order chi connectivity index (χ0) is 12.7. The highest BCUT2D eigenvalue weighted by atomic mass is 16.2. The summed E-state index contributed by atoms with van der Waals surface area (Å²) in [5.74, 6) is -0.253. The minimum Gasteiger partial charge on any atom is -0.399 e. The van der Waals surface area contributed by atoms with Gasteiger partial charge in [-0.3, -0.25) is 14.5 Å². The highest BCUT2D eigenvalue weighted by Crippen LogP contribution is 2.40. The Hall–Kier alpha value is -1.84. The maximum Gasteiger partial charge on any atom is 0.237 e. The first-order chi connectivity index (χ1) is 8.68. The molecule has 1 aliphatic heterocycles. The molecular weight excluding hydrogens is 228 g/mol. The summed E-state index contributed by atoms with van der Waals surface area (Å²) >= 11 is 0. The van der Waals surface area contributed by atoms with Gasteiger partial charge in [0.15, 0.2) is 0 Å². The molecule has 18 heavy (non-hydrogen) atoms. The van der Waals surface area contributed by atoms with Crippen LogP contribution < -0.4 is 10.6 Å². The summed E-state index contributed by atoms with van der Waals surface area (Å²) < 4.78 is 0. The van der Waals surface area contributed by atoms with Crippen molar-refractivity contribution in [1.82, 2.24) is 0 Å². The molecule has 94 valence electrons. The number of rotatable bonds is 1. The number of hydrogen-bond acceptors (Lipinski definition) is 3. The number of imide groups is 1. The fraction of sp³-hybridized carbons (Fsp3) is 0.429. The van der Waals surface area contributed by atoms with Gasteiger partial charge in [0.1, 0.15) is 0 Å². The molecule has 2 fully saturated rings. The van der Waals surface area contributed by atoms with Crippen LogP contribution in [-0.4, -0.2) is 11.8 Å². The third-order valence-electron chi connectivity index (χ3n) is 3.99. The largest absolute Gasteiger partial charge is 0.399 e. The molecule has 1 aromatic carbocycles. The van der Waals surface area contributed by atoms with Crippen molar-refractivity contribution in [2.45, 2.75) is 25.7 Å². The number of benzene rings is 1. The van der Waals surface area contributed by atoms with E-state index >= 15 is 0 Å². The van der Waals surface area contributed by atoms with E-state index in [1.165, 1.54) is 4.90 Å². The fourth-order valence-electron chi connectivity index (χ4n) is 3.04. The lowest BCUT2D eigenvalue weighted by atomic mass is 9.81. The van der Waals surface area contributed by atoms with Gasteiger partial charge in [-0.2, -0.15) is 0 Å². The van der Waals surface area contributed by atoms with E-state index in [4.69, 9.17) is 5.73 Å². The van der Waals surface area contributed by atoms with Crippen LogP contribution in [-0.2, 0) is 9.59 Å². The number of nitrogen functional groups attached to an aromatic ring is 1. The Morgan fingerprint density at radius 2 is 1.44 bits per heavy atom. The van der Waals surface area contributed by atoms with Crippen LogP contribution in [0.3, 0.4) is 0 Å². The molecule has 2 N–H and O–H groups in total. The highest BCUT2D eigenvalue weighted by Gasteiger charge is 2.48. The quantitative estimate of drug-likeness (QED) is 0.606. The predicted octanol–water partition coefficient (Wildman–Crippen LogP) is 1.95. The first-order valence-electron chi connectivity index (χ1n) is 6.42. The molecule has 2 aliphatic rings. The second kappa shape index (κ2) is 4.12. The SMILES string of the molecule is Nc1ccc(N2C(=O)[C@H]3CCCC[C@H]3C2=O)cc1. The van der Waals surface area contributed by atoms with Crippen molar-refractivity contribution in [3.8, 4) is 0 Å². The van der Waals surface area contributed by atoms with Crippen LogP contribution in [0, 0.1) is 11.8 Å². The van der Waals surface area contributed by atoms with Gasteiger partial charge >= 0.3 is 0 Å². The van der Waals surface area contributed by atoms with E-state index < -0.39 is 0 Å². The molecule has 3 rings (SSSR count). The van der Waals surface area contributed by atoms with Crippen molar-refractivity contribution in [2.24, 2.45) is 11.8 Å². The van der Waals surface area contributed by atoms with Gasteiger partial charge in [0.25, 0.3) is 0 Å². The molecular formula is C14H16N2O2. The van der Waals surface area contributed by atoms with Crippen molar-refractivity contribution >= 4 is 23.2 Å². The molecule has 2 atom stereocenters. The summed E-state index contributed by atoms with van der Waals surface area (Å²) in [4.78, 5) is 26.0.